The number of benzene rings is 2. The van der Waals surface area contributed by atoms with Gasteiger partial charge in [0.1, 0.15) is 12.1 Å². The van der Waals surface area contributed by atoms with Crippen molar-refractivity contribution >= 4 is 17.5 Å². The van der Waals surface area contributed by atoms with E-state index >= 15 is 0 Å². The van der Waals surface area contributed by atoms with E-state index in [-0.39, 0.29) is 17.8 Å². The van der Waals surface area contributed by atoms with Crippen LogP contribution in [0.2, 0.25) is 0 Å². The average molecular weight is 379 g/mol. The molecule has 1 aromatic heterocycles. The lowest BCUT2D eigenvalue weighted by Gasteiger charge is -2.37. The van der Waals surface area contributed by atoms with Crippen molar-refractivity contribution in [2.24, 2.45) is 5.92 Å². The standard InChI is InChI=1S/C21H22FN5O/c1-12-8-9-17(13(2)10-12)26-20(28)18-14(3)25-21-23-11-24-27(21)19(18)15-6-4-5-7-16(15)22/h4-11,14,18-19H,1-3H3,(H,26,28)(H,23,24,25)/t14-,18+,19+/m0/s1. The van der Waals surface area contributed by atoms with Gasteiger partial charge in [0.2, 0.25) is 11.9 Å². The van der Waals surface area contributed by atoms with Crippen LogP contribution in [0.15, 0.2) is 48.8 Å². The second kappa shape index (κ2) is 7.07. The van der Waals surface area contributed by atoms with Crippen LogP contribution in [0.4, 0.5) is 16.0 Å². The summed E-state index contributed by atoms with van der Waals surface area (Å²) in [6.07, 6.45) is 1.41. The number of carbonyl (C=O) groups is 1. The average Bonchev–Trinajstić information content (AvgIpc) is 3.11. The summed E-state index contributed by atoms with van der Waals surface area (Å²) in [4.78, 5) is 17.5. The summed E-state index contributed by atoms with van der Waals surface area (Å²) >= 11 is 0. The smallest absolute Gasteiger partial charge is 0.232 e. The van der Waals surface area contributed by atoms with E-state index < -0.39 is 12.0 Å². The SMILES string of the molecule is Cc1ccc(NC(=O)[C@@H]2[C@H](C)Nc3ncnn3[C@@H]2c2ccccc2F)c(C)c1. The summed E-state index contributed by atoms with van der Waals surface area (Å²) in [5, 5.41) is 10.5. The third-order valence-corrected chi connectivity index (χ3v) is 5.24. The number of fused-ring (bicyclic) bond motifs is 1. The quantitative estimate of drug-likeness (QED) is 0.728. The minimum atomic E-state index is -0.597. The van der Waals surface area contributed by atoms with E-state index in [1.54, 1.807) is 22.9 Å². The highest BCUT2D eigenvalue weighted by Crippen LogP contribution is 2.37. The van der Waals surface area contributed by atoms with Crippen molar-refractivity contribution in [1.29, 1.82) is 0 Å². The van der Waals surface area contributed by atoms with Gasteiger partial charge in [-0.25, -0.2) is 9.07 Å². The molecule has 3 aromatic rings. The third-order valence-electron chi connectivity index (χ3n) is 5.24. The Labute approximate surface area is 162 Å². The molecule has 1 amide bonds. The van der Waals surface area contributed by atoms with Gasteiger partial charge < -0.3 is 10.6 Å². The van der Waals surface area contributed by atoms with Gasteiger partial charge in [-0.05, 0) is 38.5 Å². The number of anilines is 2. The largest absolute Gasteiger partial charge is 0.351 e. The molecule has 4 rings (SSSR count). The highest BCUT2D eigenvalue weighted by atomic mass is 19.1. The van der Waals surface area contributed by atoms with E-state index in [9.17, 15) is 9.18 Å². The monoisotopic (exact) mass is 379 g/mol. The van der Waals surface area contributed by atoms with E-state index in [0.29, 0.717) is 11.5 Å². The molecular weight excluding hydrogens is 357 g/mol. The molecule has 6 nitrogen and oxygen atoms in total. The zero-order chi connectivity index (χ0) is 19.8. The summed E-state index contributed by atoms with van der Waals surface area (Å²) in [7, 11) is 0. The van der Waals surface area contributed by atoms with Gasteiger partial charge in [-0.15, -0.1) is 0 Å². The highest BCUT2D eigenvalue weighted by Gasteiger charge is 2.42. The number of rotatable bonds is 3. The topological polar surface area (TPSA) is 71.8 Å². The predicted octanol–water partition coefficient (Wildman–Crippen LogP) is 3.69. The number of carbonyl (C=O) groups excluding carboxylic acids is 1. The summed E-state index contributed by atoms with van der Waals surface area (Å²) in [6, 6.07) is 11.5. The number of aryl methyl sites for hydroxylation is 2. The number of amides is 1. The number of hydrogen-bond acceptors (Lipinski definition) is 4. The molecule has 0 radical (unpaired) electrons. The number of halogens is 1. The van der Waals surface area contributed by atoms with Crippen LogP contribution in [0.5, 0.6) is 0 Å². The molecule has 0 saturated heterocycles. The maximum Gasteiger partial charge on any atom is 0.232 e. The molecule has 3 atom stereocenters. The van der Waals surface area contributed by atoms with Crippen molar-refractivity contribution in [3.8, 4) is 0 Å². The van der Waals surface area contributed by atoms with Crippen molar-refractivity contribution in [2.45, 2.75) is 32.9 Å². The molecule has 1 aliphatic heterocycles. The van der Waals surface area contributed by atoms with E-state index in [2.05, 4.69) is 20.7 Å². The Morgan fingerprint density at radius 2 is 2.00 bits per heavy atom. The van der Waals surface area contributed by atoms with Crippen molar-refractivity contribution in [3.63, 3.8) is 0 Å². The van der Waals surface area contributed by atoms with Crippen molar-refractivity contribution in [1.82, 2.24) is 14.8 Å². The van der Waals surface area contributed by atoms with Gasteiger partial charge in [0.25, 0.3) is 0 Å². The van der Waals surface area contributed by atoms with Gasteiger partial charge >= 0.3 is 0 Å². The van der Waals surface area contributed by atoms with Crippen molar-refractivity contribution in [3.05, 3.63) is 71.3 Å². The fraction of sp³-hybridized carbons (Fsp3) is 0.286. The Kier molecular flexibility index (Phi) is 4.58. The van der Waals surface area contributed by atoms with Gasteiger partial charge in [0, 0.05) is 17.3 Å². The van der Waals surface area contributed by atoms with Crippen LogP contribution in [-0.2, 0) is 4.79 Å². The molecule has 2 heterocycles. The van der Waals surface area contributed by atoms with E-state index in [1.165, 1.54) is 12.4 Å². The summed E-state index contributed by atoms with van der Waals surface area (Å²) in [5.74, 6) is -0.614. The number of nitrogens with zero attached hydrogens (tertiary/aromatic N) is 3. The first-order valence-corrected chi connectivity index (χ1v) is 9.24. The lowest BCUT2D eigenvalue weighted by Crippen LogP contribution is -2.47. The van der Waals surface area contributed by atoms with Gasteiger partial charge in [-0.1, -0.05) is 35.9 Å². The first kappa shape index (κ1) is 18.2. The maximum atomic E-state index is 14.7. The number of hydrogen-bond donors (Lipinski definition) is 2. The molecule has 0 aliphatic carbocycles. The molecule has 0 saturated carbocycles. The first-order chi connectivity index (χ1) is 13.5. The minimum absolute atomic E-state index is 0.193. The van der Waals surface area contributed by atoms with Crippen LogP contribution in [-0.4, -0.2) is 26.7 Å². The molecule has 0 bridgehead atoms. The van der Waals surface area contributed by atoms with Crippen LogP contribution in [0, 0.1) is 25.6 Å². The molecule has 0 fully saturated rings. The molecule has 144 valence electrons. The fourth-order valence-electron chi connectivity index (χ4n) is 3.86. The molecule has 0 unspecified atom stereocenters. The van der Waals surface area contributed by atoms with Crippen LogP contribution >= 0.6 is 0 Å². The Balaban J connectivity index is 1.75. The Bertz CT molecular complexity index is 1030. The molecule has 2 N–H and O–H groups in total. The Morgan fingerprint density at radius 3 is 2.75 bits per heavy atom. The van der Waals surface area contributed by atoms with Crippen molar-refractivity contribution < 1.29 is 9.18 Å². The van der Waals surface area contributed by atoms with Crippen LogP contribution < -0.4 is 10.6 Å². The molecule has 2 aromatic carbocycles. The van der Waals surface area contributed by atoms with Gasteiger partial charge in [0.05, 0.1) is 12.0 Å². The van der Waals surface area contributed by atoms with Gasteiger partial charge in [-0.3, -0.25) is 4.79 Å². The van der Waals surface area contributed by atoms with E-state index in [4.69, 9.17) is 0 Å². The number of nitrogens with one attached hydrogen (secondary N) is 2. The summed E-state index contributed by atoms with van der Waals surface area (Å²) in [6.45, 7) is 5.86. The zero-order valence-electron chi connectivity index (χ0n) is 16.0. The fourth-order valence-corrected chi connectivity index (χ4v) is 3.86. The zero-order valence-corrected chi connectivity index (χ0v) is 16.0. The van der Waals surface area contributed by atoms with Gasteiger partial charge in [0.15, 0.2) is 0 Å². The molecular formula is C21H22FN5O. The molecule has 28 heavy (non-hydrogen) atoms. The van der Waals surface area contributed by atoms with Crippen molar-refractivity contribution in [2.75, 3.05) is 10.6 Å². The summed E-state index contributed by atoms with van der Waals surface area (Å²) < 4.78 is 16.2. The van der Waals surface area contributed by atoms with Crippen LogP contribution in [0.1, 0.15) is 29.7 Å². The van der Waals surface area contributed by atoms with Crippen LogP contribution in [0.3, 0.4) is 0 Å². The summed E-state index contributed by atoms with van der Waals surface area (Å²) in [5.41, 5.74) is 3.27. The second-order valence-electron chi connectivity index (χ2n) is 7.26. The normalized spacial score (nSPS) is 20.9. The Morgan fingerprint density at radius 1 is 1.21 bits per heavy atom. The van der Waals surface area contributed by atoms with E-state index in [0.717, 1.165) is 16.8 Å². The number of aromatic nitrogens is 3. The highest BCUT2D eigenvalue weighted by molar-refractivity contribution is 5.94. The molecule has 1 aliphatic rings. The van der Waals surface area contributed by atoms with Crippen LogP contribution in [0.25, 0.3) is 0 Å². The molecule has 0 spiro atoms. The first-order valence-electron chi connectivity index (χ1n) is 9.24. The lowest BCUT2D eigenvalue weighted by molar-refractivity contribution is -0.121. The Hall–Kier alpha value is -3.22. The minimum Gasteiger partial charge on any atom is -0.351 e. The van der Waals surface area contributed by atoms with E-state index in [1.807, 2.05) is 39.0 Å². The second-order valence-corrected chi connectivity index (χ2v) is 7.26. The molecule has 7 heteroatoms. The lowest BCUT2D eigenvalue weighted by atomic mass is 9.85. The maximum absolute atomic E-state index is 14.7. The van der Waals surface area contributed by atoms with Gasteiger partial charge in [-0.2, -0.15) is 10.1 Å². The third kappa shape index (κ3) is 3.13. The predicted molar refractivity (Wildman–Crippen MR) is 106 cm³/mol.